The third-order valence-corrected chi connectivity index (χ3v) is 6.89. The molecule has 2 aromatic rings. The lowest BCUT2D eigenvalue weighted by atomic mass is 9.79. The lowest BCUT2D eigenvalue weighted by Gasteiger charge is -2.48. The van der Waals surface area contributed by atoms with Gasteiger partial charge in [0.2, 0.25) is 10.0 Å². The predicted molar refractivity (Wildman–Crippen MR) is 91.8 cm³/mol. The van der Waals surface area contributed by atoms with Crippen LogP contribution in [0.4, 0.5) is 0 Å². The third kappa shape index (κ3) is 2.85. The van der Waals surface area contributed by atoms with E-state index in [1.807, 2.05) is 18.3 Å². The van der Waals surface area contributed by atoms with Crippen molar-refractivity contribution in [3.63, 3.8) is 0 Å². The van der Waals surface area contributed by atoms with E-state index in [-0.39, 0.29) is 5.41 Å². The molecule has 0 radical (unpaired) electrons. The zero-order valence-electron chi connectivity index (χ0n) is 13.5. The van der Waals surface area contributed by atoms with E-state index in [4.69, 9.17) is 0 Å². The molecular weight excluding hydrogens is 322 g/mol. The number of pyridine rings is 1. The van der Waals surface area contributed by atoms with Gasteiger partial charge in [0.1, 0.15) is 0 Å². The van der Waals surface area contributed by atoms with Crippen LogP contribution < -0.4 is 0 Å². The molecule has 2 saturated heterocycles. The Kier molecular flexibility index (Phi) is 3.90. The van der Waals surface area contributed by atoms with Crippen LogP contribution in [-0.2, 0) is 16.6 Å². The molecule has 6 heteroatoms. The number of sulfonamides is 1. The van der Waals surface area contributed by atoms with E-state index in [0.29, 0.717) is 18.0 Å². The highest BCUT2D eigenvalue weighted by atomic mass is 32.2. The van der Waals surface area contributed by atoms with Crippen molar-refractivity contribution in [3.8, 4) is 0 Å². The minimum atomic E-state index is -3.36. The smallest absolute Gasteiger partial charge is 0.243 e. The van der Waals surface area contributed by atoms with Crippen molar-refractivity contribution in [2.24, 2.45) is 5.41 Å². The van der Waals surface area contributed by atoms with Gasteiger partial charge in [-0.2, -0.15) is 4.31 Å². The highest BCUT2D eigenvalue weighted by Gasteiger charge is 2.50. The average Bonchev–Trinajstić information content (AvgIpc) is 3.03. The highest BCUT2D eigenvalue weighted by molar-refractivity contribution is 7.89. The summed E-state index contributed by atoms with van der Waals surface area (Å²) in [6.07, 6.45) is 4.62. The summed E-state index contributed by atoms with van der Waals surface area (Å²) in [5.74, 6) is 0. The minimum Gasteiger partial charge on any atom is -0.298 e. The molecule has 2 aliphatic rings. The van der Waals surface area contributed by atoms with E-state index in [0.717, 1.165) is 26.1 Å². The summed E-state index contributed by atoms with van der Waals surface area (Å²) in [6.45, 7) is 4.07. The molecule has 0 atom stereocenters. The van der Waals surface area contributed by atoms with Gasteiger partial charge in [-0.1, -0.05) is 24.3 Å². The molecule has 0 amide bonds. The van der Waals surface area contributed by atoms with Gasteiger partial charge < -0.3 is 0 Å². The van der Waals surface area contributed by atoms with E-state index in [1.165, 1.54) is 5.56 Å². The van der Waals surface area contributed by atoms with E-state index in [2.05, 4.69) is 16.0 Å². The van der Waals surface area contributed by atoms with Gasteiger partial charge >= 0.3 is 0 Å². The molecule has 3 heterocycles. The van der Waals surface area contributed by atoms with Crippen LogP contribution in [0.3, 0.4) is 0 Å². The summed E-state index contributed by atoms with van der Waals surface area (Å²) >= 11 is 0. The molecule has 126 valence electrons. The first kappa shape index (κ1) is 15.7. The minimum absolute atomic E-state index is 0.129. The number of benzene rings is 1. The summed E-state index contributed by atoms with van der Waals surface area (Å²) < 4.78 is 27.1. The molecule has 24 heavy (non-hydrogen) atoms. The van der Waals surface area contributed by atoms with Gasteiger partial charge in [0, 0.05) is 50.5 Å². The van der Waals surface area contributed by atoms with Crippen LogP contribution in [0.15, 0.2) is 59.8 Å². The molecule has 5 nitrogen and oxygen atoms in total. The Morgan fingerprint density at radius 2 is 1.83 bits per heavy atom. The van der Waals surface area contributed by atoms with Crippen LogP contribution in [-0.4, -0.2) is 48.8 Å². The molecule has 0 bridgehead atoms. The predicted octanol–water partition coefficient (Wildman–Crippen LogP) is 1.98. The van der Waals surface area contributed by atoms with Crippen molar-refractivity contribution in [2.75, 3.05) is 26.2 Å². The lowest BCUT2D eigenvalue weighted by molar-refractivity contribution is 0.00645. The molecule has 0 N–H and O–H groups in total. The fourth-order valence-corrected chi connectivity index (χ4v) is 5.44. The van der Waals surface area contributed by atoms with E-state index < -0.39 is 10.0 Å². The zero-order chi connectivity index (χ0) is 16.6. The second-order valence-corrected chi connectivity index (χ2v) is 8.85. The Morgan fingerprint density at radius 1 is 1.04 bits per heavy atom. The number of likely N-dealkylation sites (tertiary alicyclic amines) is 1. The van der Waals surface area contributed by atoms with Gasteiger partial charge in [-0.3, -0.25) is 9.88 Å². The van der Waals surface area contributed by atoms with Gasteiger partial charge in [-0.05, 0) is 30.2 Å². The summed E-state index contributed by atoms with van der Waals surface area (Å²) in [5, 5.41) is 0. The van der Waals surface area contributed by atoms with Crippen molar-refractivity contribution in [3.05, 3.63) is 60.4 Å². The van der Waals surface area contributed by atoms with Crippen LogP contribution >= 0.6 is 0 Å². The number of hydrogen-bond donors (Lipinski definition) is 0. The van der Waals surface area contributed by atoms with Gasteiger partial charge in [0.05, 0.1) is 4.90 Å². The second-order valence-electron chi connectivity index (χ2n) is 6.91. The van der Waals surface area contributed by atoms with Crippen LogP contribution in [0.1, 0.15) is 12.0 Å². The first-order chi connectivity index (χ1) is 11.6. The second kappa shape index (κ2) is 5.95. The van der Waals surface area contributed by atoms with Crippen LogP contribution in [0.5, 0.6) is 0 Å². The Balaban J connectivity index is 1.39. The maximum Gasteiger partial charge on any atom is 0.243 e. The molecule has 0 saturated carbocycles. The van der Waals surface area contributed by atoms with Crippen molar-refractivity contribution in [2.45, 2.75) is 17.9 Å². The Morgan fingerprint density at radius 3 is 2.54 bits per heavy atom. The number of hydrogen-bond acceptors (Lipinski definition) is 4. The van der Waals surface area contributed by atoms with E-state index in [9.17, 15) is 8.42 Å². The molecule has 2 aliphatic heterocycles. The fraction of sp³-hybridized carbons (Fsp3) is 0.389. The molecule has 0 unspecified atom stereocenters. The Hall–Kier alpha value is -1.76. The van der Waals surface area contributed by atoms with Crippen molar-refractivity contribution >= 4 is 10.0 Å². The zero-order valence-corrected chi connectivity index (χ0v) is 14.3. The van der Waals surface area contributed by atoms with E-state index in [1.54, 1.807) is 34.8 Å². The summed E-state index contributed by atoms with van der Waals surface area (Å²) in [6, 6.07) is 12.8. The third-order valence-electron chi connectivity index (χ3n) is 5.03. The van der Waals surface area contributed by atoms with Crippen LogP contribution in [0.25, 0.3) is 0 Å². The Bertz CT molecular complexity index is 803. The average molecular weight is 343 g/mol. The fourth-order valence-electron chi connectivity index (χ4n) is 3.86. The highest BCUT2D eigenvalue weighted by Crippen LogP contribution is 2.41. The van der Waals surface area contributed by atoms with Gasteiger partial charge in [0.25, 0.3) is 0 Å². The van der Waals surface area contributed by atoms with Gasteiger partial charge in [-0.25, -0.2) is 8.42 Å². The molecule has 1 spiro atoms. The quantitative estimate of drug-likeness (QED) is 0.852. The summed E-state index contributed by atoms with van der Waals surface area (Å²) in [4.78, 5) is 6.92. The van der Waals surface area contributed by atoms with Crippen LogP contribution in [0.2, 0.25) is 0 Å². The first-order valence-corrected chi connectivity index (χ1v) is 9.68. The molecule has 0 aliphatic carbocycles. The maximum atomic E-state index is 12.7. The van der Waals surface area contributed by atoms with Crippen molar-refractivity contribution in [1.29, 1.82) is 0 Å². The van der Waals surface area contributed by atoms with Gasteiger partial charge in [-0.15, -0.1) is 0 Å². The monoisotopic (exact) mass is 343 g/mol. The van der Waals surface area contributed by atoms with Crippen LogP contribution in [0, 0.1) is 5.41 Å². The Labute approximate surface area is 143 Å². The first-order valence-electron chi connectivity index (χ1n) is 8.24. The number of nitrogens with zero attached hydrogens (tertiary/aromatic N) is 3. The summed E-state index contributed by atoms with van der Waals surface area (Å²) in [7, 11) is -3.36. The lowest BCUT2D eigenvalue weighted by Crippen LogP contribution is -2.57. The normalized spacial score (nSPS) is 21.0. The molecule has 2 fully saturated rings. The molecule has 4 rings (SSSR count). The maximum absolute atomic E-state index is 12.7. The summed E-state index contributed by atoms with van der Waals surface area (Å²) in [5.41, 5.74) is 1.34. The molecule has 1 aromatic heterocycles. The number of aromatic nitrogens is 1. The standard InChI is InChI=1S/C18H21N3O2S/c22-24(23,17-6-2-1-3-7-17)21-10-8-18(15-21)13-20(14-18)12-16-5-4-9-19-11-16/h1-7,9,11H,8,10,12-15H2. The van der Waals surface area contributed by atoms with Crippen molar-refractivity contribution in [1.82, 2.24) is 14.2 Å². The van der Waals surface area contributed by atoms with Gasteiger partial charge in [0.15, 0.2) is 0 Å². The molecular formula is C18H21N3O2S. The SMILES string of the molecule is O=S(=O)(c1ccccc1)N1CCC2(CN(Cc3cccnc3)C2)C1. The van der Waals surface area contributed by atoms with Crippen molar-refractivity contribution < 1.29 is 8.42 Å². The van der Waals surface area contributed by atoms with E-state index >= 15 is 0 Å². The topological polar surface area (TPSA) is 53.5 Å². The molecule has 1 aromatic carbocycles. The largest absolute Gasteiger partial charge is 0.298 e. The number of rotatable bonds is 4.